The van der Waals surface area contributed by atoms with Crippen LogP contribution in [-0.4, -0.2) is 23.1 Å². The molecule has 2 rings (SSSR count). The molecule has 6 heteroatoms. The summed E-state index contributed by atoms with van der Waals surface area (Å²) in [6.45, 7) is 3.64. The van der Waals surface area contributed by atoms with Gasteiger partial charge >= 0.3 is 0 Å². The zero-order chi connectivity index (χ0) is 15.4. The van der Waals surface area contributed by atoms with Gasteiger partial charge in [0.1, 0.15) is 16.0 Å². The van der Waals surface area contributed by atoms with E-state index in [9.17, 15) is 4.79 Å². The maximum absolute atomic E-state index is 12.3. The number of thiazole rings is 1. The second-order valence-electron chi connectivity index (χ2n) is 4.66. The number of aliphatic hydroxyl groups is 1. The Morgan fingerprint density at radius 1 is 1.52 bits per heavy atom. The summed E-state index contributed by atoms with van der Waals surface area (Å²) in [6.07, 6.45) is -0.132. The molecule has 0 aliphatic carbocycles. The van der Waals surface area contributed by atoms with Crippen LogP contribution in [0.2, 0.25) is 0 Å². The minimum absolute atomic E-state index is 0.0567. The van der Waals surface area contributed by atoms with Crippen LogP contribution < -0.4 is 5.32 Å². The third-order valence-corrected chi connectivity index (χ3v) is 4.41. The maximum Gasteiger partial charge on any atom is 0.267 e. The van der Waals surface area contributed by atoms with Gasteiger partial charge in [0, 0.05) is 12.8 Å². The molecule has 2 aromatic rings. The monoisotopic (exact) mass is 306 g/mol. The molecule has 1 aromatic carbocycles. The van der Waals surface area contributed by atoms with Crippen LogP contribution in [0.3, 0.4) is 0 Å². The fraction of sp³-hybridized carbons (Fsp3) is 0.333. The summed E-state index contributed by atoms with van der Waals surface area (Å²) in [5.41, 5.74) is 2.10. The number of methoxy groups -OCH3 is 1. The van der Waals surface area contributed by atoms with Gasteiger partial charge in [-0.3, -0.25) is 4.79 Å². The smallest absolute Gasteiger partial charge is 0.267 e. The van der Waals surface area contributed by atoms with E-state index in [1.807, 2.05) is 6.92 Å². The lowest BCUT2D eigenvalue weighted by atomic mass is 10.2. The van der Waals surface area contributed by atoms with E-state index in [1.165, 1.54) is 11.3 Å². The summed E-state index contributed by atoms with van der Waals surface area (Å²) in [4.78, 5) is 17.3. The number of aliphatic hydroxyl groups excluding tert-OH is 1. The highest BCUT2D eigenvalue weighted by atomic mass is 32.1. The lowest BCUT2D eigenvalue weighted by Gasteiger charge is -2.05. The SMILES string of the molecule is COC(C)c1nc(C)c(C(=O)Nc2cccc(CO)c2)s1. The number of aryl methyl sites for hydroxylation is 1. The van der Waals surface area contributed by atoms with Crippen LogP contribution in [-0.2, 0) is 11.3 Å². The van der Waals surface area contributed by atoms with E-state index in [4.69, 9.17) is 9.84 Å². The van der Waals surface area contributed by atoms with Gasteiger partial charge < -0.3 is 15.2 Å². The molecule has 5 nitrogen and oxygen atoms in total. The highest BCUT2D eigenvalue weighted by Gasteiger charge is 2.18. The predicted molar refractivity (Wildman–Crippen MR) is 82.6 cm³/mol. The molecule has 112 valence electrons. The van der Waals surface area contributed by atoms with Crippen LogP contribution in [0.5, 0.6) is 0 Å². The number of aromatic nitrogens is 1. The number of benzene rings is 1. The van der Waals surface area contributed by atoms with E-state index in [0.717, 1.165) is 10.6 Å². The summed E-state index contributed by atoms with van der Waals surface area (Å²) in [6, 6.07) is 7.12. The Balaban J connectivity index is 2.18. The van der Waals surface area contributed by atoms with Crippen molar-refractivity contribution in [2.24, 2.45) is 0 Å². The van der Waals surface area contributed by atoms with Crippen molar-refractivity contribution < 1.29 is 14.6 Å². The predicted octanol–water partition coefficient (Wildman–Crippen LogP) is 2.90. The lowest BCUT2D eigenvalue weighted by Crippen LogP contribution is -2.11. The first-order valence-electron chi connectivity index (χ1n) is 6.56. The summed E-state index contributed by atoms with van der Waals surface area (Å²) in [5, 5.41) is 12.7. The number of rotatable bonds is 5. The van der Waals surface area contributed by atoms with Gasteiger partial charge in [-0.25, -0.2) is 4.98 Å². The molecule has 1 heterocycles. The molecule has 0 aliphatic heterocycles. The Kier molecular flexibility index (Phi) is 5.06. The Bertz CT molecular complexity index is 640. The number of nitrogens with zero attached hydrogens (tertiary/aromatic N) is 1. The molecule has 0 aliphatic rings. The second-order valence-corrected chi connectivity index (χ2v) is 5.69. The molecular weight excluding hydrogens is 288 g/mol. The van der Waals surface area contributed by atoms with Crippen LogP contribution in [0.4, 0.5) is 5.69 Å². The number of anilines is 1. The first-order valence-corrected chi connectivity index (χ1v) is 7.38. The van der Waals surface area contributed by atoms with Gasteiger partial charge in [-0.15, -0.1) is 11.3 Å². The number of hydrogen-bond donors (Lipinski definition) is 2. The van der Waals surface area contributed by atoms with Gasteiger partial charge in [-0.05, 0) is 31.5 Å². The van der Waals surface area contributed by atoms with Crippen molar-refractivity contribution in [3.63, 3.8) is 0 Å². The van der Waals surface area contributed by atoms with Crippen molar-refractivity contribution in [1.29, 1.82) is 0 Å². The summed E-state index contributed by atoms with van der Waals surface area (Å²) >= 11 is 1.33. The number of amides is 1. The molecule has 1 unspecified atom stereocenters. The highest BCUT2D eigenvalue weighted by molar-refractivity contribution is 7.14. The molecule has 1 amide bonds. The number of hydrogen-bond acceptors (Lipinski definition) is 5. The Hall–Kier alpha value is -1.76. The van der Waals surface area contributed by atoms with Crippen molar-refractivity contribution in [3.05, 3.63) is 45.4 Å². The van der Waals surface area contributed by atoms with E-state index in [-0.39, 0.29) is 18.6 Å². The number of nitrogens with one attached hydrogen (secondary N) is 1. The molecule has 0 fully saturated rings. The Morgan fingerprint density at radius 3 is 2.95 bits per heavy atom. The van der Waals surface area contributed by atoms with E-state index in [0.29, 0.717) is 16.3 Å². The molecule has 0 saturated heterocycles. The van der Waals surface area contributed by atoms with E-state index in [2.05, 4.69) is 10.3 Å². The number of ether oxygens (including phenoxy) is 1. The maximum atomic E-state index is 12.3. The average Bonchev–Trinajstić information content (AvgIpc) is 2.88. The third-order valence-electron chi connectivity index (χ3n) is 3.09. The van der Waals surface area contributed by atoms with Gasteiger partial charge in [-0.2, -0.15) is 0 Å². The van der Waals surface area contributed by atoms with Crippen molar-refractivity contribution in [3.8, 4) is 0 Å². The van der Waals surface area contributed by atoms with Crippen LogP contribution in [0.1, 0.15) is 39.0 Å². The standard InChI is InChI=1S/C15H18N2O3S/c1-9-13(21-15(16-9)10(2)20-3)14(19)17-12-6-4-5-11(7-12)8-18/h4-7,10,18H,8H2,1-3H3,(H,17,19). The van der Waals surface area contributed by atoms with Crippen molar-refractivity contribution in [2.45, 2.75) is 26.6 Å². The van der Waals surface area contributed by atoms with Crippen LogP contribution >= 0.6 is 11.3 Å². The topological polar surface area (TPSA) is 71.5 Å². The van der Waals surface area contributed by atoms with Gasteiger partial charge in [0.15, 0.2) is 0 Å². The number of carbonyl (C=O) groups is 1. The summed E-state index contributed by atoms with van der Waals surface area (Å²) in [5.74, 6) is -0.199. The molecule has 2 N–H and O–H groups in total. The van der Waals surface area contributed by atoms with Gasteiger partial charge in [0.25, 0.3) is 5.91 Å². The molecule has 0 saturated carbocycles. The third kappa shape index (κ3) is 3.66. The fourth-order valence-corrected chi connectivity index (χ4v) is 2.83. The first kappa shape index (κ1) is 15.6. The highest BCUT2D eigenvalue weighted by Crippen LogP contribution is 2.26. The average molecular weight is 306 g/mol. The van der Waals surface area contributed by atoms with Gasteiger partial charge in [-0.1, -0.05) is 12.1 Å². The molecule has 0 spiro atoms. The molecule has 0 radical (unpaired) electrons. The molecule has 1 atom stereocenters. The van der Waals surface area contributed by atoms with Crippen LogP contribution in [0.25, 0.3) is 0 Å². The zero-order valence-corrected chi connectivity index (χ0v) is 13.0. The van der Waals surface area contributed by atoms with Crippen molar-refractivity contribution in [1.82, 2.24) is 4.98 Å². The van der Waals surface area contributed by atoms with Crippen LogP contribution in [0.15, 0.2) is 24.3 Å². The Morgan fingerprint density at radius 2 is 2.29 bits per heavy atom. The quantitative estimate of drug-likeness (QED) is 0.891. The number of carbonyl (C=O) groups excluding carboxylic acids is 1. The lowest BCUT2D eigenvalue weighted by molar-refractivity contribution is 0.102. The van der Waals surface area contributed by atoms with E-state index < -0.39 is 0 Å². The summed E-state index contributed by atoms with van der Waals surface area (Å²) < 4.78 is 5.22. The molecule has 21 heavy (non-hydrogen) atoms. The second kappa shape index (κ2) is 6.80. The van der Waals surface area contributed by atoms with Crippen molar-refractivity contribution >= 4 is 22.9 Å². The molecular formula is C15H18N2O3S. The van der Waals surface area contributed by atoms with E-state index >= 15 is 0 Å². The summed E-state index contributed by atoms with van der Waals surface area (Å²) in [7, 11) is 1.61. The van der Waals surface area contributed by atoms with Crippen molar-refractivity contribution in [2.75, 3.05) is 12.4 Å². The molecule has 0 bridgehead atoms. The molecule has 1 aromatic heterocycles. The van der Waals surface area contributed by atoms with Crippen LogP contribution in [0, 0.1) is 6.92 Å². The fourth-order valence-electron chi connectivity index (χ4n) is 1.84. The van der Waals surface area contributed by atoms with E-state index in [1.54, 1.807) is 38.3 Å². The normalized spacial score (nSPS) is 12.2. The first-order chi connectivity index (χ1) is 10.0. The zero-order valence-electron chi connectivity index (χ0n) is 12.2. The minimum atomic E-state index is -0.199. The van der Waals surface area contributed by atoms with Gasteiger partial charge in [0.2, 0.25) is 0 Å². The van der Waals surface area contributed by atoms with Gasteiger partial charge in [0.05, 0.1) is 12.3 Å². The Labute approximate surface area is 127 Å². The largest absolute Gasteiger partial charge is 0.392 e. The minimum Gasteiger partial charge on any atom is -0.392 e.